The number of hydrogen-bond acceptors (Lipinski definition) is 5. The molecule has 0 saturated carbocycles. The van der Waals surface area contributed by atoms with E-state index in [9.17, 15) is 4.79 Å². The molecule has 0 aliphatic carbocycles. The normalized spacial score (nSPS) is 10.2. The number of carbonyl (C=O) groups excluding carboxylic acids is 1. The number of aromatic nitrogens is 2. The highest BCUT2D eigenvalue weighted by atomic mass is 32.1. The van der Waals surface area contributed by atoms with Crippen LogP contribution < -0.4 is 11.1 Å². The Morgan fingerprint density at radius 2 is 2.37 bits per heavy atom. The van der Waals surface area contributed by atoms with Crippen LogP contribution in [0.3, 0.4) is 0 Å². The highest BCUT2D eigenvalue weighted by Gasteiger charge is 2.13. The number of nitrogen functional groups attached to an aromatic ring is 1. The first-order valence-electron chi connectivity index (χ1n) is 5.60. The standard InChI is InChI=1S/C12H13N5OS/c1-7-11(14)8(2)17(16-7)6-10(18)15-12-9(5-13)3-4-19-12/h3-4H,6,14H2,1-2H3,(H,15,18). The van der Waals surface area contributed by atoms with E-state index in [1.807, 2.05) is 13.0 Å². The second-order valence-electron chi connectivity index (χ2n) is 4.07. The molecule has 6 nitrogen and oxygen atoms in total. The van der Waals surface area contributed by atoms with Crippen LogP contribution in [-0.2, 0) is 11.3 Å². The third-order valence-electron chi connectivity index (χ3n) is 2.77. The first-order valence-corrected chi connectivity index (χ1v) is 6.47. The van der Waals surface area contributed by atoms with Gasteiger partial charge in [0.1, 0.15) is 17.6 Å². The number of carbonyl (C=O) groups is 1. The monoisotopic (exact) mass is 275 g/mol. The molecule has 0 aliphatic rings. The van der Waals surface area contributed by atoms with E-state index in [0.29, 0.717) is 21.9 Å². The summed E-state index contributed by atoms with van der Waals surface area (Å²) in [4.78, 5) is 11.9. The second kappa shape index (κ2) is 5.12. The number of nitrogens with two attached hydrogens (primary N) is 1. The summed E-state index contributed by atoms with van der Waals surface area (Å²) in [6.45, 7) is 3.69. The molecule has 2 heterocycles. The number of hydrogen-bond donors (Lipinski definition) is 2. The molecule has 19 heavy (non-hydrogen) atoms. The summed E-state index contributed by atoms with van der Waals surface area (Å²) in [5.41, 5.74) is 8.34. The van der Waals surface area contributed by atoms with E-state index in [2.05, 4.69) is 10.4 Å². The Labute approximate surface area is 114 Å². The Balaban J connectivity index is 2.10. The van der Waals surface area contributed by atoms with Crippen molar-refractivity contribution in [1.82, 2.24) is 9.78 Å². The SMILES string of the molecule is Cc1nn(CC(=O)Nc2sccc2C#N)c(C)c1N. The summed E-state index contributed by atoms with van der Waals surface area (Å²) >= 11 is 1.32. The number of nitrogens with one attached hydrogen (secondary N) is 1. The van der Waals surface area contributed by atoms with Gasteiger partial charge in [-0.15, -0.1) is 11.3 Å². The Morgan fingerprint density at radius 1 is 1.63 bits per heavy atom. The van der Waals surface area contributed by atoms with Gasteiger partial charge in [-0.1, -0.05) is 0 Å². The fourth-order valence-corrected chi connectivity index (χ4v) is 2.41. The van der Waals surface area contributed by atoms with Gasteiger partial charge in [0, 0.05) is 0 Å². The number of nitriles is 1. The molecule has 0 aliphatic heterocycles. The molecule has 98 valence electrons. The first-order chi connectivity index (χ1) is 9.02. The quantitative estimate of drug-likeness (QED) is 0.890. The zero-order chi connectivity index (χ0) is 14.0. The zero-order valence-corrected chi connectivity index (χ0v) is 11.4. The summed E-state index contributed by atoms with van der Waals surface area (Å²) in [6.07, 6.45) is 0. The third kappa shape index (κ3) is 2.58. The molecule has 0 unspecified atom stereocenters. The maximum Gasteiger partial charge on any atom is 0.246 e. The molecule has 0 fully saturated rings. The van der Waals surface area contributed by atoms with Crippen LogP contribution in [0.5, 0.6) is 0 Å². The molecule has 7 heteroatoms. The van der Waals surface area contributed by atoms with E-state index in [-0.39, 0.29) is 12.5 Å². The topological polar surface area (TPSA) is 96.7 Å². The molecule has 0 bridgehead atoms. The second-order valence-corrected chi connectivity index (χ2v) is 4.98. The molecule has 2 aromatic heterocycles. The minimum absolute atomic E-state index is 0.0760. The number of amides is 1. The van der Waals surface area contributed by atoms with Gasteiger partial charge in [-0.2, -0.15) is 10.4 Å². The molecule has 0 saturated heterocycles. The van der Waals surface area contributed by atoms with Gasteiger partial charge in [-0.25, -0.2) is 0 Å². The van der Waals surface area contributed by atoms with Gasteiger partial charge in [0.05, 0.1) is 22.6 Å². The van der Waals surface area contributed by atoms with Crippen molar-refractivity contribution in [2.45, 2.75) is 20.4 Å². The number of aryl methyl sites for hydroxylation is 1. The maximum absolute atomic E-state index is 11.9. The average molecular weight is 275 g/mol. The fraction of sp³-hybridized carbons (Fsp3) is 0.250. The van der Waals surface area contributed by atoms with E-state index in [1.165, 1.54) is 11.3 Å². The van der Waals surface area contributed by atoms with Crippen molar-refractivity contribution in [2.24, 2.45) is 0 Å². The predicted octanol–water partition coefficient (Wildman–Crippen LogP) is 1.65. The molecular weight excluding hydrogens is 262 g/mol. The molecule has 0 radical (unpaired) electrons. The van der Waals surface area contributed by atoms with Crippen molar-refractivity contribution in [3.63, 3.8) is 0 Å². The highest BCUT2D eigenvalue weighted by molar-refractivity contribution is 7.14. The van der Waals surface area contributed by atoms with Crippen molar-refractivity contribution in [1.29, 1.82) is 5.26 Å². The summed E-state index contributed by atoms with van der Waals surface area (Å²) in [6, 6.07) is 3.69. The molecule has 2 rings (SSSR count). The lowest BCUT2D eigenvalue weighted by Crippen LogP contribution is -2.20. The molecule has 0 spiro atoms. The number of thiophene rings is 1. The van der Waals surface area contributed by atoms with Crippen LogP contribution in [0.4, 0.5) is 10.7 Å². The number of anilines is 2. The van der Waals surface area contributed by atoms with E-state index in [0.717, 1.165) is 5.69 Å². The predicted molar refractivity (Wildman–Crippen MR) is 73.8 cm³/mol. The van der Waals surface area contributed by atoms with Crippen LogP contribution in [0.1, 0.15) is 17.0 Å². The van der Waals surface area contributed by atoms with Crippen molar-refractivity contribution in [2.75, 3.05) is 11.1 Å². The fourth-order valence-electron chi connectivity index (χ4n) is 1.66. The summed E-state index contributed by atoms with van der Waals surface area (Å²) < 4.78 is 1.56. The van der Waals surface area contributed by atoms with Crippen molar-refractivity contribution in [3.05, 3.63) is 28.4 Å². The lowest BCUT2D eigenvalue weighted by atomic mass is 10.3. The van der Waals surface area contributed by atoms with Crippen LogP contribution in [-0.4, -0.2) is 15.7 Å². The van der Waals surface area contributed by atoms with Crippen LogP contribution >= 0.6 is 11.3 Å². The minimum atomic E-state index is -0.232. The number of rotatable bonds is 3. The summed E-state index contributed by atoms with van der Waals surface area (Å²) in [5.74, 6) is -0.232. The van der Waals surface area contributed by atoms with Gasteiger partial charge >= 0.3 is 0 Å². The molecule has 2 aromatic rings. The Morgan fingerprint density at radius 3 is 2.95 bits per heavy atom. The lowest BCUT2D eigenvalue weighted by molar-refractivity contribution is -0.116. The van der Waals surface area contributed by atoms with Crippen molar-refractivity contribution < 1.29 is 4.79 Å². The smallest absolute Gasteiger partial charge is 0.246 e. The van der Waals surface area contributed by atoms with Gasteiger partial charge in [0.2, 0.25) is 5.91 Å². The highest BCUT2D eigenvalue weighted by Crippen LogP contribution is 2.22. The van der Waals surface area contributed by atoms with Crippen LogP contribution in [0.15, 0.2) is 11.4 Å². The van der Waals surface area contributed by atoms with Gasteiger partial charge in [0.15, 0.2) is 0 Å². The molecule has 3 N–H and O–H groups in total. The summed E-state index contributed by atoms with van der Waals surface area (Å²) in [7, 11) is 0. The molecule has 0 aromatic carbocycles. The van der Waals surface area contributed by atoms with E-state index >= 15 is 0 Å². The van der Waals surface area contributed by atoms with Gasteiger partial charge in [0.25, 0.3) is 0 Å². The Hall–Kier alpha value is -2.33. The van der Waals surface area contributed by atoms with Crippen molar-refractivity contribution >= 4 is 27.9 Å². The maximum atomic E-state index is 11.9. The zero-order valence-electron chi connectivity index (χ0n) is 10.6. The molecular formula is C12H13N5OS. The number of nitrogens with zero attached hydrogens (tertiary/aromatic N) is 3. The lowest BCUT2D eigenvalue weighted by Gasteiger charge is -2.05. The van der Waals surface area contributed by atoms with Crippen LogP contribution in [0, 0.1) is 25.2 Å². The minimum Gasteiger partial charge on any atom is -0.396 e. The van der Waals surface area contributed by atoms with Gasteiger partial charge < -0.3 is 11.1 Å². The Bertz CT molecular complexity index is 664. The van der Waals surface area contributed by atoms with E-state index in [1.54, 1.807) is 23.1 Å². The van der Waals surface area contributed by atoms with Crippen LogP contribution in [0.2, 0.25) is 0 Å². The third-order valence-corrected chi connectivity index (χ3v) is 3.60. The van der Waals surface area contributed by atoms with E-state index < -0.39 is 0 Å². The van der Waals surface area contributed by atoms with Gasteiger partial charge in [-0.3, -0.25) is 9.48 Å². The van der Waals surface area contributed by atoms with Crippen LogP contribution in [0.25, 0.3) is 0 Å². The molecule has 1 amide bonds. The largest absolute Gasteiger partial charge is 0.396 e. The van der Waals surface area contributed by atoms with E-state index in [4.69, 9.17) is 11.0 Å². The Kier molecular flexibility index (Phi) is 3.53. The molecule has 0 atom stereocenters. The first kappa shape index (κ1) is 13.1. The average Bonchev–Trinajstić information content (AvgIpc) is 2.91. The summed E-state index contributed by atoms with van der Waals surface area (Å²) in [5, 5.41) is 18.1. The van der Waals surface area contributed by atoms with Crippen molar-refractivity contribution in [3.8, 4) is 6.07 Å². The van der Waals surface area contributed by atoms with Gasteiger partial charge in [-0.05, 0) is 25.3 Å².